The van der Waals surface area contributed by atoms with E-state index >= 15 is 0 Å². The predicted molar refractivity (Wildman–Crippen MR) is 73.7 cm³/mol. The Hall–Kier alpha value is -1.49. The standard InChI is InChI=1S/C13H16N2O2S/c1-18-12(14-11-7-8-11)15-13(16)17-9-10-5-3-2-4-6-10/h2-6,11H,7-9H2,1H3,(H,14,15,16). The molecule has 1 amide bonds. The average Bonchev–Trinajstić information content (AvgIpc) is 3.21. The largest absolute Gasteiger partial charge is 0.443 e. The van der Waals surface area contributed by atoms with Gasteiger partial charge in [-0.15, -0.1) is 0 Å². The molecule has 1 aromatic rings. The number of amides is 1. The van der Waals surface area contributed by atoms with Crippen molar-refractivity contribution in [3.05, 3.63) is 35.9 Å². The van der Waals surface area contributed by atoms with E-state index in [-0.39, 0.29) is 6.61 Å². The molecule has 0 saturated heterocycles. The highest BCUT2D eigenvalue weighted by molar-refractivity contribution is 8.13. The van der Waals surface area contributed by atoms with Gasteiger partial charge in [-0.2, -0.15) is 4.99 Å². The predicted octanol–water partition coefficient (Wildman–Crippen LogP) is 2.79. The molecule has 5 heteroatoms. The number of nitrogens with zero attached hydrogens (tertiary/aromatic N) is 1. The van der Waals surface area contributed by atoms with Crippen LogP contribution in [-0.2, 0) is 11.3 Å². The van der Waals surface area contributed by atoms with E-state index in [0.29, 0.717) is 11.2 Å². The summed E-state index contributed by atoms with van der Waals surface area (Å²) in [5.41, 5.74) is 0.960. The van der Waals surface area contributed by atoms with Crippen molar-refractivity contribution < 1.29 is 9.53 Å². The maximum atomic E-state index is 11.5. The Morgan fingerprint density at radius 2 is 2.17 bits per heavy atom. The average molecular weight is 264 g/mol. The monoisotopic (exact) mass is 264 g/mol. The fraction of sp³-hybridized carbons (Fsp3) is 0.385. The van der Waals surface area contributed by atoms with Gasteiger partial charge in [-0.25, -0.2) is 4.79 Å². The summed E-state index contributed by atoms with van der Waals surface area (Å²) in [7, 11) is 0. The van der Waals surface area contributed by atoms with Crippen LogP contribution < -0.4 is 5.32 Å². The van der Waals surface area contributed by atoms with Crippen LogP contribution in [0.3, 0.4) is 0 Å². The van der Waals surface area contributed by atoms with E-state index in [0.717, 1.165) is 18.4 Å². The van der Waals surface area contributed by atoms with Gasteiger partial charge in [0.15, 0.2) is 5.17 Å². The third-order valence-corrected chi connectivity index (χ3v) is 3.09. The Labute approximate surface area is 111 Å². The highest BCUT2D eigenvalue weighted by atomic mass is 32.2. The zero-order valence-corrected chi connectivity index (χ0v) is 11.1. The van der Waals surface area contributed by atoms with Crippen molar-refractivity contribution in [2.24, 2.45) is 4.99 Å². The number of carbonyl (C=O) groups is 1. The van der Waals surface area contributed by atoms with E-state index in [4.69, 9.17) is 4.74 Å². The molecule has 0 aliphatic heterocycles. The second-order valence-corrected chi connectivity index (χ2v) is 4.87. The minimum Gasteiger partial charge on any atom is -0.443 e. The summed E-state index contributed by atoms with van der Waals surface area (Å²) < 4.78 is 5.08. The van der Waals surface area contributed by atoms with Gasteiger partial charge in [-0.3, -0.25) is 0 Å². The van der Waals surface area contributed by atoms with Gasteiger partial charge in [-0.05, 0) is 24.7 Å². The first-order valence-electron chi connectivity index (χ1n) is 5.88. The molecule has 0 radical (unpaired) electrons. The second kappa shape index (κ2) is 6.44. The molecule has 1 fully saturated rings. The number of amidine groups is 1. The number of benzene rings is 1. The van der Waals surface area contributed by atoms with Gasteiger partial charge in [-0.1, -0.05) is 42.1 Å². The molecule has 1 aliphatic carbocycles. The molecule has 1 N–H and O–H groups in total. The first-order chi connectivity index (χ1) is 8.78. The third kappa shape index (κ3) is 4.41. The van der Waals surface area contributed by atoms with Crippen molar-refractivity contribution in [3.63, 3.8) is 0 Å². The number of aliphatic imine (C=N–C) groups is 1. The van der Waals surface area contributed by atoms with Crippen LogP contribution in [0.2, 0.25) is 0 Å². The number of hydrogen-bond acceptors (Lipinski definition) is 3. The molecule has 1 aliphatic rings. The van der Waals surface area contributed by atoms with Gasteiger partial charge in [0.2, 0.25) is 0 Å². The quantitative estimate of drug-likeness (QED) is 0.673. The minimum atomic E-state index is -0.545. The fourth-order valence-corrected chi connectivity index (χ4v) is 1.82. The Morgan fingerprint density at radius 3 is 2.78 bits per heavy atom. The first kappa shape index (κ1) is 13.0. The van der Waals surface area contributed by atoms with Crippen molar-refractivity contribution in [3.8, 4) is 0 Å². The molecule has 0 unspecified atom stereocenters. The maximum Gasteiger partial charge on any atom is 0.436 e. The van der Waals surface area contributed by atoms with Crippen LogP contribution in [0, 0.1) is 0 Å². The van der Waals surface area contributed by atoms with Gasteiger partial charge in [0, 0.05) is 6.04 Å². The van der Waals surface area contributed by atoms with Gasteiger partial charge in [0.05, 0.1) is 0 Å². The SMILES string of the molecule is CS/C(=N/C(=O)OCc1ccccc1)NC1CC1. The van der Waals surface area contributed by atoms with E-state index in [1.54, 1.807) is 0 Å². The highest BCUT2D eigenvalue weighted by Crippen LogP contribution is 2.19. The summed E-state index contributed by atoms with van der Waals surface area (Å²) >= 11 is 1.43. The van der Waals surface area contributed by atoms with E-state index < -0.39 is 6.09 Å². The molecule has 0 atom stereocenters. The third-order valence-electron chi connectivity index (χ3n) is 2.50. The van der Waals surface area contributed by atoms with E-state index in [2.05, 4.69) is 10.3 Å². The smallest absolute Gasteiger partial charge is 0.436 e. The van der Waals surface area contributed by atoms with Crippen molar-refractivity contribution in [2.45, 2.75) is 25.5 Å². The summed E-state index contributed by atoms with van der Waals surface area (Å²) in [6, 6.07) is 10.1. The van der Waals surface area contributed by atoms with Crippen LogP contribution in [0.4, 0.5) is 4.79 Å². The molecule has 0 heterocycles. The highest BCUT2D eigenvalue weighted by Gasteiger charge is 2.22. The van der Waals surface area contributed by atoms with E-state index in [1.165, 1.54) is 11.8 Å². The summed E-state index contributed by atoms with van der Waals surface area (Å²) in [6.45, 7) is 0.258. The Bertz CT molecular complexity index is 430. The topological polar surface area (TPSA) is 50.7 Å². The molecule has 0 spiro atoms. The molecule has 96 valence electrons. The van der Waals surface area contributed by atoms with Crippen molar-refractivity contribution >= 4 is 23.0 Å². The summed E-state index contributed by atoms with van der Waals surface area (Å²) in [4.78, 5) is 15.4. The Morgan fingerprint density at radius 1 is 1.44 bits per heavy atom. The number of nitrogens with one attached hydrogen (secondary N) is 1. The van der Waals surface area contributed by atoms with Crippen LogP contribution >= 0.6 is 11.8 Å². The lowest BCUT2D eigenvalue weighted by atomic mass is 10.2. The lowest BCUT2D eigenvalue weighted by molar-refractivity contribution is 0.151. The number of rotatable bonds is 3. The second-order valence-electron chi connectivity index (χ2n) is 4.08. The van der Waals surface area contributed by atoms with Crippen molar-refractivity contribution in [2.75, 3.05) is 6.26 Å². The van der Waals surface area contributed by atoms with Crippen molar-refractivity contribution in [1.29, 1.82) is 0 Å². The molecule has 0 bridgehead atoms. The molecule has 1 saturated carbocycles. The number of ether oxygens (including phenoxy) is 1. The van der Waals surface area contributed by atoms with Crippen molar-refractivity contribution in [1.82, 2.24) is 5.32 Å². The van der Waals surface area contributed by atoms with Gasteiger partial charge in [0.25, 0.3) is 0 Å². The van der Waals surface area contributed by atoms with E-state index in [1.807, 2.05) is 36.6 Å². The molecule has 1 aromatic carbocycles. The molecule has 18 heavy (non-hydrogen) atoms. The molecule has 4 nitrogen and oxygen atoms in total. The Balaban J connectivity index is 1.81. The fourth-order valence-electron chi connectivity index (χ4n) is 1.37. The van der Waals surface area contributed by atoms with E-state index in [9.17, 15) is 4.79 Å². The van der Waals surface area contributed by atoms with Crippen LogP contribution in [0.1, 0.15) is 18.4 Å². The molecular weight excluding hydrogens is 248 g/mol. The molecule has 0 aromatic heterocycles. The van der Waals surface area contributed by atoms with Crippen LogP contribution in [-0.4, -0.2) is 23.6 Å². The van der Waals surface area contributed by atoms with Gasteiger partial charge < -0.3 is 10.1 Å². The van der Waals surface area contributed by atoms with Crippen LogP contribution in [0.15, 0.2) is 35.3 Å². The number of carbonyl (C=O) groups excluding carboxylic acids is 1. The Kier molecular flexibility index (Phi) is 4.64. The van der Waals surface area contributed by atoms with Crippen LogP contribution in [0.25, 0.3) is 0 Å². The number of hydrogen-bond donors (Lipinski definition) is 1. The zero-order chi connectivity index (χ0) is 12.8. The van der Waals surface area contributed by atoms with Crippen LogP contribution in [0.5, 0.6) is 0 Å². The lowest BCUT2D eigenvalue weighted by Crippen LogP contribution is -2.23. The lowest BCUT2D eigenvalue weighted by Gasteiger charge is -2.05. The molecular formula is C13H16N2O2S. The summed E-state index contributed by atoms with van der Waals surface area (Å²) in [6.07, 6.45) is 3.65. The summed E-state index contributed by atoms with van der Waals surface area (Å²) in [5, 5.41) is 3.82. The summed E-state index contributed by atoms with van der Waals surface area (Å²) in [5.74, 6) is 0. The molecule has 2 rings (SSSR count). The normalized spacial score (nSPS) is 15.3. The minimum absolute atomic E-state index is 0.258. The maximum absolute atomic E-state index is 11.5. The zero-order valence-electron chi connectivity index (χ0n) is 10.3. The van der Waals surface area contributed by atoms with Gasteiger partial charge >= 0.3 is 6.09 Å². The first-order valence-corrected chi connectivity index (χ1v) is 7.10. The van der Waals surface area contributed by atoms with Gasteiger partial charge in [0.1, 0.15) is 6.61 Å². The number of thioether (sulfide) groups is 1.